The second-order valence-corrected chi connectivity index (χ2v) is 5.45. The minimum Gasteiger partial charge on any atom is -0.0892 e. The minimum absolute atomic E-state index is 1.09. The molecule has 0 aliphatic carbocycles. The van der Waals surface area contributed by atoms with Crippen LogP contribution in [0, 0.1) is 13.8 Å². The third-order valence-electron chi connectivity index (χ3n) is 3.24. The van der Waals surface area contributed by atoms with Gasteiger partial charge in [0.05, 0.1) is 0 Å². The summed E-state index contributed by atoms with van der Waals surface area (Å²) in [4.78, 5) is 2.89. The standard InChI is InChI=1S/C15H14S/c1-10-7-8-11(2)15-13(10)9-12-5-3-4-6-14(12)16-15/h3-8H,9H2,1-2H3. The molecule has 1 heterocycles. The Morgan fingerprint density at radius 3 is 2.56 bits per heavy atom. The number of fused-ring (bicyclic) bond motifs is 2. The molecule has 16 heavy (non-hydrogen) atoms. The third kappa shape index (κ3) is 1.47. The Balaban J connectivity index is 2.19. The van der Waals surface area contributed by atoms with E-state index in [4.69, 9.17) is 0 Å². The van der Waals surface area contributed by atoms with Crippen molar-refractivity contribution < 1.29 is 0 Å². The SMILES string of the molecule is Cc1ccc(C)c2c1Cc1ccccc1S2. The zero-order chi connectivity index (χ0) is 11.1. The van der Waals surface area contributed by atoms with Crippen molar-refractivity contribution in [1.82, 2.24) is 0 Å². The van der Waals surface area contributed by atoms with Crippen LogP contribution in [0.3, 0.4) is 0 Å². The third-order valence-corrected chi connectivity index (χ3v) is 4.63. The van der Waals surface area contributed by atoms with Gasteiger partial charge in [-0.15, -0.1) is 0 Å². The van der Waals surface area contributed by atoms with Crippen LogP contribution in [0.25, 0.3) is 0 Å². The predicted molar refractivity (Wildman–Crippen MR) is 69.3 cm³/mol. The van der Waals surface area contributed by atoms with Crippen molar-refractivity contribution in [3.8, 4) is 0 Å². The summed E-state index contributed by atoms with van der Waals surface area (Å²) in [6, 6.07) is 13.2. The molecule has 0 saturated carbocycles. The van der Waals surface area contributed by atoms with Crippen LogP contribution < -0.4 is 0 Å². The Labute approximate surface area is 101 Å². The first-order chi connectivity index (χ1) is 7.75. The van der Waals surface area contributed by atoms with E-state index in [9.17, 15) is 0 Å². The lowest BCUT2D eigenvalue weighted by molar-refractivity contribution is 1.01. The maximum atomic E-state index is 2.24. The van der Waals surface area contributed by atoms with Crippen LogP contribution in [0.15, 0.2) is 46.2 Å². The fraction of sp³-hybridized carbons (Fsp3) is 0.200. The first kappa shape index (κ1) is 9.98. The van der Waals surface area contributed by atoms with Crippen LogP contribution in [0.1, 0.15) is 22.3 Å². The van der Waals surface area contributed by atoms with Crippen molar-refractivity contribution in [2.24, 2.45) is 0 Å². The fourth-order valence-corrected chi connectivity index (χ4v) is 3.48. The van der Waals surface area contributed by atoms with Gasteiger partial charge in [0.25, 0.3) is 0 Å². The molecule has 2 aromatic rings. The maximum absolute atomic E-state index is 2.24. The molecule has 0 nitrogen and oxygen atoms in total. The van der Waals surface area contributed by atoms with Gasteiger partial charge in [-0.2, -0.15) is 0 Å². The lowest BCUT2D eigenvalue weighted by Crippen LogP contribution is -2.03. The summed E-state index contributed by atoms with van der Waals surface area (Å²) in [7, 11) is 0. The van der Waals surface area contributed by atoms with E-state index in [-0.39, 0.29) is 0 Å². The molecule has 80 valence electrons. The summed E-state index contributed by atoms with van der Waals surface area (Å²) in [6.07, 6.45) is 1.09. The summed E-state index contributed by atoms with van der Waals surface area (Å²) in [5.41, 5.74) is 5.81. The maximum Gasteiger partial charge on any atom is 0.0189 e. The molecule has 0 atom stereocenters. The van der Waals surface area contributed by atoms with E-state index in [1.807, 2.05) is 11.8 Å². The van der Waals surface area contributed by atoms with Gasteiger partial charge < -0.3 is 0 Å². The zero-order valence-electron chi connectivity index (χ0n) is 9.58. The minimum atomic E-state index is 1.09. The zero-order valence-corrected chi connectivity index (χ0v) is 10.4. The van der Waals surface area contributed by atoms with Gasteiger partial charge in [-0.1, -0.05) is 42.1 Å². The number of aryl methyl sites for hydroxylation is 2. The average molecular weight is 226 g/mol. The molecule has 0 unspecified atom stereocenters. The molecule has 0 bridgehead atoms. The van der Waals surface area contributed by atoms with E-state index in [0.717, 1.165) is 6.42 Å². The van der Waals surface area contributed by atoms with E-state index in [1.54, 1.807) is 0 Å². The normalized spacial score (nSPS) is 13.1. The van der Waals surface area contributed by atoms with E-state index in [1.165, 1.54) is 32.0 Å². The van der Waals surface area contributed by atoms with Crippen molar-refractivity contribution in [1.29, 1.82) is 0 Å². The van der Waals surface area contributed by atoms with E-state index >= 15 is 0 Å². The van der Waals surface area contributed by atoms with E-state index in [0.29, 0.717) is 0 Å². The van der Waals surface area contributed by atoms with Crippen LogP contribution in [-0.4, -0.2) is 0 Å². The van der Waals surface area contributed by atoms with Gasteiger partial charge in [-0.3, -0.25) is 0 Å². The Morgan fingerprint density at radius 2 is 1.69 bits per heavy atom. The highest BCUT2D eigenvalue weighted by Gasteiger charge is 2.18. The van der Waals surface area contributed by atoms with Crippen LogP contribution in [0.5, 0.6) is 0 Å². The average Bonchev–Trinajstić information content (AvgIpc) is 2.32. The lowest BCUT2D eigenvalue weighted by atomic mass is 9.98. The quantitative estimate of drug-likeness (QED) is 0.549. The summed E-state index contributed by atoms with van der Waals surface area (Å²) in [5.74, 6) is 0. The molecule has 0 fully saturated rings. The molecule has 0 aromatic heterocycles. The molecule has 0 N–H and O–H groups in total. The smallest absolute Gasteiger partial charge is 0.0189 e. The molecule has 0 amide bonds. The lowest BCUT2D eigenvalue weighted by Gasteiger charge is -2.22. The highest BCUT2D eigenvalue weighted by molar-refractivity contribution is 7.99. The van der Waals surface area contributed by atoms with Crippen LogP contribution in [0.4, 0.5) is 0 Å². The Bertz CT molecular complexity index is 505. The second kappa shape index (κ2) is 3.67. The van der Waals surface area contributed by atoms with Gasteiger partial charge in [-0.25, -0.2) is 0 Å². The van der Waals surface area contributed by atoms with Gasteiger partial charge in [-0.05, 0) is 48.6 Å². The van der Waals surface area contributed by atoms with Crippen molar-refractivity contribution in [2.45, 2.75) is 30.1 Å². The highest BCUT2D eigenvalue weighted by Crippen LogP contribution is 2.42. The van der Waals surface area contributed by atoms with Crippen LogP contribution in [-0.2, 0) is 6.42 Å². The first-order valence-electron chi connectivity index (χ1n) is 5.60. The monoisotopic (exact) mass is 226 g/mol. The van der Waals surface area contributed by atoms with Crippen molar-refractivity contribution in [2.75, 3.05) is 0 Å². The Hall–Kier alpha value is -1.21. The molecule has 1 aliphatic heterocycles. The Kier molecular flexibility index (Phi) is 2.29. The van der Waals surface area contributed by atoms with Gasteiger partial charge in [0, 0.05) is 9.79 Å². The van der Waals surface area contributed by atoms with Gasteiger partial charge in [0.15, 0.2) is 0 Å². The molecular formula is C15H14S. The molecule has 1 heteroatoms. The molecule has 3 rings (SSSR count). The molecule has 0 radical (unpaired) electrons. The number of benzene rings is 2. The summed E-state index contributed by atoms with van der Waals surface area (Å²) in [6.45, 7) is 4.42. The number of rotatable bonds is 0. The van der Waals surface area contributed by atoms with Crippen molar-refractivity contribution in [3.05, 3.63) is 58.7 Å². The summed E-state index contributed by atoms with van der Waals surface area (Å²) >= 11 is 1.92. The molecule has 2 aromatic carbocycles. The molecule has 0 spiro atoms. The van der Waals surface area contributed by atoms with Crippen molar-refractivity contribution >= 4 is 11.8 Å². The second-order valence-electron chi connectivity index (χ2n) is 4.39. The highest BCUT2D eigenvalue weighted by atomic mass is 32.2. The summed E-state index contributed by atoms with van der Waals surface area (Å²) in [5, 5.41) is 0. The number of hydrogen-bond acceptors (Lipinski definition) is 1. The topological polar surface area (TPSA) is 0 Å². The fourth-order valence-electron chi connectivity index (χ4n) is 2.26. The van der Waals surface area contributed by atoms with E-state index < -0.39 is 0 Å². The number of hydrogen-bond donors (Lipinski definition) is 0. The molecule has 0 saturated heterocycles. The Morgan fingerprint density at radius 1 is 0.938 bits per heavy atom. The van der Waals surface area contributed by atoms with Gasteiger partial charge in [0.1, 0.15) is 0 Å². The largest absolute Gasteiger partial charge is 0.0892 e. The van der Waals surface area contributed by atoms with Gasteiger partial charge >= 0.3 is 0 Å². The molecule has 1 aliphatic rings. The van der Waals surface area contributed by atoms with Crippen LogP contribution in [0.2, 0.25) is 0 Å². The molecular weight excluding hydrogens is 212 g/mol. The van der Waals surface area contributed by atoms with E-state index in [2.05, 4.69) is 50.2 Å². The van der Waals surface area contributed by atoms with Crippen LogP contribution >= 0.6 is 11.8 Å². The predicted octanol–water partition coefficient (Wildman–Crippen LogP) is 4.36. The van der Waals surface area contributed by atoms with Crippen molar-refractivity contribution in [3.63, 3.8) is 0 Å². The first-order valence-corrected chi connectivity index (χ1v) is 6.42. The summed E-state index contributed by atoms with van der Waals surface area (Å²) < 4.78 is 0. The van der Waals surface area contributed by atoms with Gasteiger partial charge in [0.2, 0.25) is 0 Å².